The third-order valence-corrected chi connectivity index (χ3v) is 3.34. The van der Waals surface area contributed by atoms with Gasteiger partial charge in [0.05, 0.1) is 5.41 Å². The van der Waals surface area contributed by atoms with E-state index >= 15 is 0 Å². The summed E-state index contributed by atoms with van der Waals surface area (Å²) in [6.07, 6.45) is 4.56. The van der Waals surface area contributed by atoms with Crippen LogP contribution in [0, 0.1) is 12.3 Å². The predicted octanol–water partition coefficient (Wildman–Crippen LogP) is 1.46. The zero-order valence-electron chi connectivity index (χ0n) is 9.49. The second kappa shape index (κ2) is 4.22. The normalized spacial score (nSPS) is 17.6. The van der Waals surface area contributed by atoms with E-state index < -0.39 is 0 Å². The molecule has 0 saturated heterocycles. The summed E-state index contributed by atoms with van der Waals surface area (Å²) < 4.78 is 0. The highest BCUT2D eigenvalue weighted by Gasteiger charge is 2.42. The van der Waals surface area contributed by atoms with Crippen molar-refractivity contribution in [2.75, 3.05) is 11.9 Å². The van der Waals surface area contributed by atoms with Gasteiger partial charge in [-0.1, -0.05) is 6.42 Å². The first-order valence-corrected chi connectivity index (χ1v) is 5.60. The molecule has 2 rings (SSSR count). The number of nitrogens with two attached hydrogens (primary N) is 1. The van der Waals surface area contributed by atoms with Crippen LogP contribution in [0.15, 0.2) is 18.3 Å². The highest BCUT2D eigenvalue weighted by atomic mass is 16.2. The molecule has 0 spiro atoms. The molecule has 0 aliphatic heterocycles. The van der Waals surface area contributed by atoms with Crippen molar-refractivity contribution in [3.63, 3.8) is 0 Å². The van der Waals surface area contributed by atoms with Crippen LogP contribution in [0.2, 0.25) is 0 Å². The minimum Gasteiger partial charge on any atom is -0.329 e. The molecule has 1 aromatic rings. The Morgan fingerprint density at radius 3 is 2.88 bits per heavy atom. The number of anilines is 1. The van der Waals surface area contributed by atoms with Crippen molar-refractivity contribution in [2.45, 2.75) is 26.2 Å². The Bertz CT molecular complexity index is 393. The second-order valence-corrected chi connectivity index (χ2v) is 4.51. The van der Waals surface area contributed by atoms with E-state index in [9.17, 15) is 4.79 Å². The molecular formula is C12H17N3O. The summed E-state index contributed by atoms with van der Waals surface area (Å²) in [5.74, 6) is 0.629. The molecule has 1 amide bonds. The van der Waals surface area contributed by atoms with Gasteiger partial charge in [-0.3, -0.25) is 4.79 Å². The highest BCUT2D eigenvalue weighted by Crippen LogP contribution is 2.40. The number of pyridine rings is 1. The van der Waals surface area contributed by atoms with Gasteiger partial charge in [0, 0.05) is 12.7 Å². The van der Waals surface area contributed by atoms with Gasteiger partial charge in [0.1, 0.15) is 5.82 Å². The summed E-state index contributed by atoms with van der Waals surface area (Å²) in [6.45, 7) is 2.39. The van der Waals surface area contributed by atoms with Crippen molar-refractivity contribution in [1.29, 1.82) is 0 Å². The maximum atomic E-state index is 12.0. The molecule has 86 valence electrons. The van der Waals surface area contributed by atoms with E-state index in [1.807, 2.05) is 19.1 Å². The average molecular weight is 219 g/mol. The standard InChI is InChI=1S/C12H17N3O/c1-9-3-6-14-10(7-9)15-11(16)12(8-13)4-2-5-12/h3,6-7H,2,4-5,8,13H2,1H3,(H,14,15,16). The first-order chi connectivity index (χ1) is 7.66. The number of hydrogen-bond donors (Lipinski definition) is 2. The van der Waals surface area contributed by atoms with E-state index in [0.29, 0.717) is 12.4 Å². The molecular weight excluding hydrogens is 202 g/mol. The van der Waals surface area contributed by atoms with Gasteiger partial charge in [-0.2, -0.15) is 0 Å². The Morgan fingerprint density at radius 2 is 2.38 bits per heavy atom. The molecule has 16 heavy (non-hydrogen) atoms. The van der Waals surface area contributed by atoms with Crippen LogP contribution in [-0.2, 0) is 4.79 Å². The van der Waals surface area contributed by atoms with Crippen molar-refractivity contribution in [3.05, 3.63) is 23.9 Å². The van der Waals surface area contributed by atoms with Crippen molar-refractivity contribution in [1.82, 2.24) is 4.98 Å². The summed E-state index contributed by atoms with van der Waals surface area (Å²) >= 11 is 0. The lowest BCUT2D eigenvalue weighted by Gasteiger charge is -2.38. The lowest BCUT2D eigenvalue weighted by molar-refractivity contribution is -0.129. The zero-order chi connectivity index (χ0) is 11.6. The Kier molecular flexibility index (Phi) is 2.92. The fraction of sp³-hybridized carbons (Fsp3) is 0.500. The Balaban J connectivity index is 2.07. The quantitative estimate of drug-likeness (QED) is 0.808. The van der Waals surface area contributed by atoms with E-state index in [-0.39, 0.29) is 11.3 Å². The fourth-order valence-electron chi connectivity index (χ4n) is 1.98. The number of hydrogen-bond acceptors (Lipinski definition) is 3. The molecule has 0 radical (unpaired) electrons. The maximum Gasteiger partial charge on any atom is 0.233 e. The number of rotatable bonds is 3. The average Bonchev–Trinajstić information content (AvgIpc) is 2.16. The second-order valence-electron chi connectivity index (χ2n) is 4.51. The lowest BCUT2D eigenvalue weighted by atomic mass is 9.68. The van der Waals surface area contributed by atoms with Crippen LogP contribution < -0.4 is 11.1 Å². The van der Waals surface area contributed by atoms with Crippen molar-refractivity contribution < 1.29 is 4.79 Å². The van der Waals surface area contributed by atoms with Crippen LogP contribution in [0.5, 0.6) is 0 Å². The molecule has 1 aromatic heterocycles. The van der Waals surface area contributed by atoms with Crippen LogP contribution in [0.4, 0.5) is 5.82 Å². The summed E-state index contributed by atoms with van der Waals surface area (Å²) in [7, 11) is 0. The lowest BCUT2D eigenvalue weighted by Crippen LogP contribution is -2.47. The number of amides is 1. The largest absolute Gasteiger partial charge is 0.329 e. The molecule has 1 aliphatic carbocycles. The molecule has 1 heterocycles. The number of nitrogens with zero attached hydrogens (tertiary/aromatic N) is 1. The number of nitrogens with one attached hydrogen (secondary N) is 1. The third-order valence-electron chi connectivity index (χ3n) is 3.34. The molecule has 4 heteroatoms. The number of aryl methyl sites for hydroxylation is 1. The predicted molar refractivity (Wildman–Crippen MR) is 62.9 cm³/mol. The Morgan fingerprint density at radius 1 is 1.62 bits per heavy atom. The van der Waals surface area contributed by atoms with Crippen LogP contribution in [0.25, 0.3) is 0 Å². The van der Waals surface area contributed by atoms with Gasteiger partial charge in [0.2, 0.25) is 5.91 Å². The van der Waals surface area contributed by atoms with Gasteiger partial charge in [0.15, 0.2) is 0 Å². The SMILES string of the molecule is Cc1ccnc(NC(=O)C2(CN)CCC2)c1. The Labute approximate surface area is 95.3 Å². The molecule has 3 N–H and O–H groups in total. The first kappa shape index (κ1) is 11.1. The zero-order valence-corrected chi connectivity index (χ0v) is 9.49. The molecule has 0 unspecified atom stereocenters. The van der Waals surface area contributed by atoms with E-state index in [0.717, 1.165) is 24.8 Å². The molecule has 1 saturated carbocycles. The van der Waals surface area contributed by atoms with Crippen LogP contribution in [0.3, 0.4) is 0 Å². The van der Waals surface area contributed by atoms with Crippen LogP contribution in [-0.4, -0.2) is 17.4 Å². The van der Waals surface area contributed by atoms with E-state index in [1.54, 1.807) is 6.20 Å². The van der Waals surface area contributed by atoms with Crippen molar-refractivity contribution in [2.24, 2.45) is 11.1 Å². The molecule has 1 fully saturated rings. The van der Waals surface area contributed by atoms with E-state index in [2.05, 4.69) is 10.3 Å². The van der Waals surface area contributed by atoms with Gasteiger partial charge in [-0.25, -0.2) is 4.98 Å². The van der Waals surface area contributed by atoms with Gasteiger partial charge in [-0.05, 0) is 37.5 Å². The molecule has 1 aliphatic rings. The number of carbonyl (C=O) groups is 1. The topological polar surface area (TPSA) is 68.0 Å². The number of aromatic nitrogens is 1. The molecule has 0 aromatic carbocycles. The summed E-state index contributed by atoms with van der Waals surface area (Å²) in [4.78, 5) is 16.1. The van der Waals surface area contributed by atoms with Gasteiger partial charge in [-0.15, -0.1) is 0 Å². The van der Waals surface area contributed by atoms with E-state index in [4.69, 9.17) is 5.73 Å². The van der Waals surface area contributed by atoms with Crippen molar-refractivity contribution in [3.8, 4) is 0 Å². The third kappa shape index (κ3) is 1.93. The van der Waals surface area contributed by atoms with Gasteiger partial charge >= 0.3 is 0 Å². The molecule has 0 atom stereocenters. The molecule has 0 bridgehead atoms. The maximum absolute atomic E-state index is 12.0. The highest BCUT2D eigenvalue weighted by molar-refractivity contribution is 5.95. The fourth-order valence-corrected chi connectivity index (χ4v) is 1.98. The minimum absolute atomic E-state index is 0.0133. The van der Waals surface area contributed by atoms with Gasteiger partial charge < -0.3 is 11.1 Å². The van der Waals surface area contributed by atoms with E-state index in [1.165, 1.54) is 0 Å². The minimum atomic E-state index is -0.342. The Hall–Kier alpha value is -1.42. The monoisotopic (exact) mass is 219 g/mol. The number of carbonyl (C=O) groups excluding carboxylic acids is 1. The summed E-state index contributed by atoms with van der Waals surface area (Å²) in [6, 6.07) is 3.76. The smallest absolute Gasteiger partial charge is 0.233 e. The van der Waals surface area contributed by atoms with Crippen LogP contribution >= 0.6 is 0 Å². The summed E-state index contributed by atoms with van der Waals surface area (Å²) in [5, 5.41) is 2.85. The van der Waals surface area contributed by atoms with Crippen molar-refractivity contribution >= 4 is 11.7 Å². The van der Waals surface area contributed by atoms with Crippen LogP contribution in [0.1, 0.15) is 24.8 Å². The first-order valence-electron chi connectivity index (χ1n) is 5.60. The van der Waals surface area contributed by atoms with Gasteiger partial charge in [0.25, 0.3) is 0 Å². The molecule has 4 nitrogen and oxygen atoms in total. The summed E-state index contributed by atoms with van der Waals surface area (Å²) in [5.41, 5.74) is 6.41.